The second-order valence-electron chi connectivity index (χ2n) is 6.08. The zero-order valence-electron chi connectivity index (χ0n) is 14.5. The number of H-pyrrole nitrogens is 1. The highest BCUT2D eigenvalue weighted by molar-refractivity contribution is 5.79. The molecule has 3 rings (SSSR count). The first-order valence-corrected chi connectivity index (χ1v) is 8.19. The molecule has 0 bridgehead atoms. The maximum absolute atomic E-state index is 12.3. The third-order valence-electron chi connectivity index (χ3n) is 4.12. The molecule has 1 atom stereocenters. The van der Waals surface area contributed by atoms with Crippen LogP contribution in [0.1, 0.15) is 35.6 Å². The van der Waals surface area contributed by atoms with Crippen molar-refractivity contribution in [3.8, 4) is 11.5 Å². The van der Waals surface area contributed by atoms with E-state index in [2.05, 4.69) is 15.3 Å². The van der Waals surface area contributed by atoms with Crippen LogP contribution >= 0.6 is 0 Å². The van der Waals surface area contributed by atoms with E-state index in [0.717, 1.165) is 5.56 Å². The van der Waals surface area contributed by atoms with Crippen LogP contribution in [0, 0.1) is 13.8 Å². The second-order valence-corrected chi connectivity index (χ2v) is 6.08. The van der Waals surface area contributed by atoms with Crippen molar-refractivity contribution in [1.82, 2.24) is 15.3 Å². The molecule has 2 N–H and O–H groups in total. The number of amides is 1. The average Bonchev–Trinajstić information content (AvgIpc) is 2.57. The molecule has 7 heteroatoms. The summed E-state index contributed by atoms with van der Waals surface area (Å²) in [4.78, 5) is 31.2. The third-order valence-corrected chi connectivity index (χ3v) is 4.12. The normalized spacial score (nSPS) is 14.0. The van der Waals surface area contributed by atoms with E-state index in [0.29, 0.717) is 41.8 Å². The Kier molecular flexibility index (Phi) is 4.74. The molecule has 1 amide bonds. The van der Waals surface area contributed by atoms with Gasteiger partial charge in [0.25, 0.3) is 5.56 Å². The molecule has 1 aliphatic rings. The molecule has 0 aliphatic carbocycles. The molecule has 2 heterocycles. The van der Waals surface area contributed by atoms with E-state index in [1.165, 1.54) is 0 Å². The molecule has 2 aromatic rings. The molecule has 0 saturated heterocycles. The molecule has 0 saturated carbocycles. The summed E-state index contributed by atoms with van der Waals surface area (Å²) >= 11 is 0. The predicted molar refractivity (Wildman–Crippen MR) is 92.0 cm³/mol. The number of rotatable bonds is 4. The third kappa shape index (κ3) is 3.81. The van der Waals surface area contributed by atoms with Crippen molar-refractivity contribution in [2.45, 2.75) is 33.2 Å². The van der Waals surface area contributed by atoms with Crippen LogP contribution < -0.4 is 20.3 Å². The quantitative estimate of drug-likeness (QED) is 0.879. The monoisotopic (exact) mass is 343 g/mol. The van der Waals surface area contributed by atoms with Gasteiger partial charge in [0.2, 0.25) is 5.91 Å². The van der Waals surface area contributed by atoms with Gasteiger partial charge < -0.3 is 19.8 Å². The van der Waals surface area contributed by atoms with Gasteiger partial charge in [0.15, 0.2) is 11.5 Å². The number of ether oxygens (including phenoxy) is 2. The summed E-state index contributed by atoms with van der Waals surface area (Å²) in [6.07, 6.45) is -0.0106. The summed E-state index contributed by atoms with van der Waals surface area (Å²) in [6.45, 7) is 6.38. The summed E-state index contributed by atoms with van der Waals surface area (Å²) in [6, 6.07) is 5.38. The highest BCUT2D eigenvalue weighted by Gasteiger charge is 2.17. The lowest BCUT2D eigenvalue weighted by Crippen LogP contribution is -2.31. The first kappa shape index (κ1) is 17.0. The van der Waals surface area contributed by atoms with E-state index in [4.69, 9.17) is 9.47 Å². The lowest BCUT2D eigenvalue weighted by molar-refractivity contribution is -0.121. The average molecular weight is 343 g/mol. The van der Waals surface area contributed by atoms with Gasteiger partial charge in [-0.25, -0.2) is 4.98 Å². The maximum Gasteiger partial charge on any atom is 0.254 e. The number of aromatic amines is 1. The molecule has 1 aromatic carbocycles. The highest BCUT2D eigenvalue weighted by Crippen LogP contribution is 2.32. The molecule has 0 spiro atoms. The van der Waals surface area contributed by atoms with Crippen molar-refractivity contribution in [2.75, 3.05) is 13.2 Å². The summed E-state index contributed by atoms with van der Waals surface area (Å²) in [5.74, 6) is 1.69. The molecule has 0 radical (unpaired) electrons. The number of hydrogen-bond donors (Lipinski definition) is 2. The first-order valence-electron chi connectivity index (χ1n) is 8.19. The molecule has 1 aromatic heterocycles. The standard InChI is InChI=1S/C18H21N3O4/c1-10(13-4-5-15-16(8-13)25-7-6-24-15)20-17(22)9-14-11(2)19-12(3)21-18(14)23/h4-5,8,10H,6-7,9H2,1-3H3,(H,20,22)(H,19,21,23). The molecule has 1 aliphatic heterocycles. The number of nitrogens with one attached hydrogen (secondary N) is 2. The Balaban J connectivity index is 1.70. The minimum absolute atomic E-state index is 0.0106. The van der Waals surface area contributed by atoms with Crippen LogP contribution in [0.15, 0.2) is 23.0 Å². The molecule has 7 nitrogen and oxygen atoms in total. The molecule has 1 unspecified atom stereocenters. The smallest absolute Gasteiger partial charge is 0.254 e. The van der Waals surface area contributed by atoms with Crippen LogP contribution in [0.2, 0.25) is 0 Å². The van der Waals surface area contributed by atoms with Crippen molar-refractivity contribution in [1.29, 1.82) is 0 Å². The van der Waals surface area contributed by atoms with E-state index in [1.807, 2.05) is 25.1 Å². The largest absolute Gasteiger partial charge is 0.486 e. The Hall–Kier alpha value is -2.83. The Morgan fingerprint density at radius 2 is 2.00 bits per heavy atom. The zero-order valence-corrected chi connectivity index (χ0v) is 14.5. The van der Waals surface area contributed by atoms with Gasteiger partial charge in [-0.3, -0.25) is 9.59 Å². The van der Waals surface area contributed by atoms with E-state index >= 15 is 0 Å². The fourth-order valence-corrected chi connectivity index (χ4v) is 2.82. The molecule has 132 valence electrons. The molecular formula is C18H21N3O4. The Bertz CT molecular complexity index is 860. The van der Waals surface area contributed by atoms with Gasteiger partial charge in [-0.15, -0.1) is 0 Å². The minimum Gasteiger partial charge on any atom is -0.486 e. The molecular weight excluding hydrogens is 322 g/mol. The Labute approximate surface area is 145 Å². The maximum atomic E-state index is 12.3. The van der Waals surface area contributed by atoms with Crippen LogP contribution in [0.3, 0.4) is 0 Å². The van der Waals surface area contributed by atoms with Crippen LogP contribution in [0.4, 0.5) is 0 Å². The lowest BCUT2D eigenvalue weighted by Gasteiger charge is -2.21. The number of nitrogens with zero attached hydrogens (tertiary/aromatic N) is 1. The van der Waals surface area contributed by atoms with Gasteiger partial charge in [-0.05, 0) is 38.5 Å². The van der Waals surface area contributed by atoms with E-state index in [1.54, 1.807) is 13.8 Å². The number of fused-ring (bicyclic) bond motifs is 1. The van der Waals surface area contributed by atoms with Gasteiger partial charge >= 0.3 is 0 Å². The Morgan fingerprint density at radius 3 is 2.72 bits per heavy atom. The Morgan fingerprint density at radius 1 is 1.28 bits per heavy atom. The van der Waals surface area contributed by atoms with E-state index in [-0.39, 0.29) is 23.9 Å². The van der Waals surface area contributed by atoms with Gasteiger partial charge in [-0.1, -0.05) is 6.07 Å². The summed E-state index contributed by atoms with van der Waals surface area (Å²) in [5.41, 5.74) is 1.60. The van der Waals surface area contributed by atoms with Crippen molar-refractivity contribution in [3.63, 3.8) is 0 Å². The summed E-state index contributed by atoms with van der Waals surface area (Å²) < 4.78 is 11.1. The minimum atomic E-state index is -0.271. The fourth-order valence-electron chi connectivity index (χ4n) is 2.82. The number of aryl methyl sites for hydroxylation is 2. The van der Waals surface area contributed by atoms with Crippen LogP contribution in [0.5, 0.6) is 11.5 Å². The zero-order chi connectivity index (χ0) is 18.0. The van der Waals surface area contributed by atoms with Gasteiger partial charge in [-0.2, -0.15) is 0 Å². The van der Waals surface area contributed by atoms with Crippen molar-refractivity contribution < 1.29 is 14.3 Å². The van der Waals surface area contributed by atoms with Crippen LogP contribution in [-0.2, 0) is 11.2 Å². The van der Waals surface area contributed by atoms with Gasteiger partial charge in [0, 0.05) is 11.3 Å². The van der Waals surface area contributed by atoms with Gasteiger partial charge in [0.05, 0.1) is 12.5 Å². The molecule has 25 heavy (non-hydrogen) atoms. The summed E-state index contributed by atoms with van der Waals surface area (Å²) in [7, 11) is 0. The van der Waals surface area contributed by atoms with Crippen LogP contribution in [0.25, 0.3) is 0 Å². The topological polar surface area (TPSA) is 93.3 Å². The van der Waals surface area contributed by atoms with Crippen molar-refractivity contribution in [3.05, 3.63) is 51.2 Å². The number of carbonyl (C=O) groups excluding carboxylic acids is 1. The summed E-state index contributed by atoms with van der Waals surface area (Å²) in [5, 5.41) is 2.90. The fraction of sp³-hybridized carbons (Fsp3) is 0.389. The van der Waals surface area contributed by atoms with Crippen LogP contribution in [-0.4, -0.2) is 29.1 Å². The van der Waals surface area contributed by atoms with Gasteiger partial charge in [0.1, 0.15) is 19.0 Å². The number of carbonyl (C=O) groups is 1. The van der Waals surface area contributed by atoms with E-state index in [9.17, 15) is 9.59 Å². The number of benzene rings is 1. The number of hydrogen-bond acceptors (Lipinski definition) is 5. The second kappa shape index (κ2) is 6.96. The highest BCUT2D eigenvalue weighted by atomic mass is 16.6. The first-order chi connectivity index (χ1) is 11.9. The van der Waals surface area contributed by atoms with Crippen molar-refractivity contribution >= 4 is 5.91 Å². The lowest BCUT2D eigenvalue weighted by atomic mass is 10.1. The molecule has 0 fully saturated rings. The number of aromatic nitrogens is 2. The van der Waals surface area contributed by atoms with E-state index < -0.39 is 0 Å². The SMILES string of the molecule is Cc1nc(C)c(CC(=O)NC(C)c2ccc3c(c2)OCCO3)c(=O)[nH]1. The predicted octanol–water partition coefficient (Wildman–Crippen LogP) is 1.58. The van der Waals surface area contributed by atoms with Crippen molar-refractivity contribution in [2.24, 2.45) is 0 Å².